The molecule has 0 N–H and O–H groups in total. The summed E-state index contributed by atoms with van der Waals surface area (Å²) in [5, 5.41) is 7.42. The molecule has 11 aromatic rings. The summed E-state index contributed by atoms with van der Waals surface area (Å²) in [5.41, 5.74) is 14.0. The lowest BCUT2D eigenvalue weighted by Gasteiger charge is -2.35. The molecule has 59 heavy (non-hydrogen) atoms. The van der Waals surface area contributed by atoms with E-state index in [1.54, 1.807) is 0 Å². The highest BCUT2D eigenvalue weighted by Gasteiger charge is 2.46. The molecule has 0 saturated carbocycles. The summed E-state index contributed by atoms with van der Waals surface area (Å²) in [6, 6.07) is 85.0. The second-order valence-corrected chi connectivity index (χ2v) is 15.7. The van der Waals surface area contributed by atoms with Crippen molar-refractivity contribution in [1.82, 2.24) is 4.57 Å². The minimum Gasteiger partial charge on any atom is -0.310 e. The molecule has 0 bridgehead atoms. The SMILES string of the molecule is c1ccc(N(c2ccc3c(c2)C(c2ccccc2)(c2ccccc2)c2cc4ccccc4cc2-3)c2ccc3c4ccccc4n(-c4cccc5ccccc45)c3c2)cc1. The number of fused-ring (bicyclic) bond motifs is 8. The quantitative estimate of drug-likeness (QED) is 0.164. The molecule has 276 valence electrons. The van der Waals surface area contributed by atoms with E-state index in [1.165, 1.54) is 82.4 Å². The van der Waals surface area contributed by atoms with Crippen molar-refractivity contribution in [3.05, 3.63) is 253 Å². The van der Waals surface area contributed by atoms with Crippen molar-refractivity contribution in [2.24, 2.45) is 0 Å². The van der Waals surface area contributed by atoms with Crippen LogP contribution in [0.1, 0.15) is 22.3 Å². The lowest BCUT2D eigenvalue weighted by Crippen LogP contribution is -2.28. The zero-order chi connectivity index (χ0) is 38.9. The fraction of sp³-hybridized carbons (Fsp3) is 0.0175. The van der Waals surface area contributed by atoms with Gasteiger partial charge in [-0.25, -0.2) is 0 Å². The summed E-state index contributed by atoms with van der Waals surface area (Å²) < 4.78 is 2.46. The van der Waals surface area contributed by atoms with Gasteiger partial charge in [0.25, 0.3) is 0 Å². The van der Waals surface area contributed by atoms with Crippen LogP contribution in [0.25, 0.3) is 60.2 Å². The van der Waals surface area contributed by atoms with E-state index < -0.39 is 5.41 Å². The minimum absolute atomic E-state index is 0.541. The van der Waals surface area contributed by atoms with Crippen LogP contribution < -0.4 is 4.90 Å². The number of hydrogen-bond donors (Lipinski definition) is 0. The first kappa shape index (κ1) is 33.5. The Morgan fingerprint density at radius 2 is 0.864 bits per heavy atom. The third-order valence-corrected chi connectivity index (χ3v) is 12.6. The predicted molar refractivity (Wildman–Crippen MR) is 248 cm³/mol. The number of anilines is 3. The predicted octanol–water partition coefficient (Wildman–Crippen LogP) is 14.9. The van der Waals surface area contributed by atoms with E-state index in [9.17, 15) is 0 Å². The topological polar surface area (TPSA) is 8.17 Å². The number of para-hydroxylation sites is 2. The molecule has 2 nitrogen and oxygen atoms in total. The first-order valence-corrected chi connectivity index (χ1v) is 20.4. The number of hydrogen-bond acceptors (Lipinski definition) is 1. The van der Waals surface area contributed by atoms with E-state index in [-0.39, 0.29) is 0 Å². The average Bonchev–Trinajstić information content (AvgIpc) is 3.78. The Hall–Kier alpha value is -7.68. The largest absolute Gasteiger partial charge is 0.310 e. The van der Waals surface area contributed by atoms with Gasteiger partial charge in [0.2, 0.25) is 0 Å². The first-order valence-electron chi connectivity index (χ1n) is 20.4. The maximum atomic E-state index is 2.47. The molecule has 0 saturated heterocycles. The van der Waals surface area contributed by atoms with E-state index in [0.717, 1.165) is 17.1 Å². The van der Waals surface area contributed by atoms with Gasteiger partial charge in [0.1, 0.15) is 0 Å². The molecule has 0 radical (unpaired) electrons. The molecular formula is C57H38N2. The Morgan fingerprint density at radius 3 is 1.61 bits per heavy atom. The lowest BCUT2D eigenvalue weighted by molar-refractivity contribution is 0.769. The van der Waals surface area contributed by atoms with Crippen molar-refractivity contribution >= 4 is 60.4 Å². The third kappa shape index (κ3) is 5.00. The molecule has 1 aromatic heterocycles. The highest BCUT2D eigenvalue weighted by atomic mass is 15.1. The van der Waals surface area contributed by atoms with Crippen molar-refractivity contribution in [2.45, 2.75) is 5.41 Å². The lowest BCUT2D eigenvalue weighted by atomic mass is 9.67. The normalized spacial score (nSPS) is 12.9. The Kier molecular flexibility index (Phi) is 7.48. The van der Waals surface area contributed by atoms with Gasteiger partial charge in [-0.15, -0.1) is 0 Å². The Morgan fingerprint density at radius 1 is 0.322 bits per heavy atom. The second kappa shape index (κ2) is 13.2. The highest BCUT2D eigenvalue weighted by molar-refractivity contribution is 6.11. The Balaban J connectivity index is 1.14. The van der Waals surface area contributed by atoms with Gasteiger partial charge < -0.3 is 9.47 Å². The first-order chi connectivity index (χ1) is 29.3. The van der Waals surface area contributed by atoms with E-state index in [4.69, 9.17) is 0 Å². The highest BCUT2D eigenvalue weighted by Crippen LogP contribution is 2.58. The number of aromatic nitrogens is 1. The summed E-state index contributed by atoms with van der Waals surface area (Å²) in [6.07, 6.45) is 0. The van der Waals surface area contributed by atoms with Crippen LogP contribution in [0.15, 0.2) is 231 Å². The molecule has 10 aromatic carbocycles. The summed E-state index contributed by atoms with van der Waals surface area (Å²) >= 11 is 0. The number of benzene rings is 10. The fourth-order valence-electron chi connectivity index (χ4n) is 10.1. The van der Waals surface area contributed by atoms with Gasteiger partial charge >= 0.3 is 0 Å². The molecule has 0 atom stereocenters. The van der Waals surface area contributed by atoms with Crippen LogP contribution in [0.3, 0.4) is 0 Å². The van der Waals surface area contributed by atoms with Crippen LogP contribution in [0.2, 0.25) is 0 Å². The summed E-state index contributed by atoms with van der Waals surface area (Å²) in [5.74, 6) is 0. The molecular weight excluding hydrogens is 713 g/mol. The van der Waals surface area contributed by atoms with Gasteiger partial charge in [-0.05, 0) is 110 Å². The van der Waals surface area contributed by atoms with Crippen LogP contribution >= 0.6 is 0 Å². The zero-order valence-electron chi connectivity index (χ0n) is 32.3. The summed E-state index contributed by atoms with van der Waals surface area (Å²) in [7, 11) is 0. The van der Waals surface area contributed by atoms with Crippen LogP contribution in [0.5, 0.6) is 0 Å². The van der Waals surface area contributed by atoms with Crippen molar-refractivity contribution < 1.29 is 0 Å². The van der Waals surface area contributed by atoms with Gasteiger partial charge in [0.15, 0.2) is 0 Å². The summed E-state index contributed by atoms with van der Waals surface area (Å²) in [4.78, 5) is 2.44. The van der Waals surface area contributed by atoms with Crippen molar-refractivity contribution in [2.75, 3.05) is 4.90 Å². The molecule has 0 aliphatic heterocycles. The van der Waals surface area contributed by atoms with E-state index >= 15 is 0 Å². The van der Waals surface area contributed by atoms with Crippen LogP contribution in [-0.4, -0.2) is 4.57 Å². The van der Waals surface area contributed by atoms with Crippen molar-refractivity contribution in [1.29, 1.82) is 0 Å². The average molecular weight is 751 g/mol. The van der Waals surface area contributed by atoms with E-state index in [0.29, 0.717) is 0 Å². The van der Waals surface area contributed by atoms with Gasteiger partial charge in [-0.3, -0.25) is 0 Å². The van der Waals surface area contributed by atoms with Gasteiger partial charge in [-0.2, -0.15) is 0 Å². The molecule has 2 heteroatoms. The molecule has 1 aliphatic rings. The van der Waals surface area contributed by atoms with E-state index in [2.05, 4.69) is 240 Å². The third-order valence-electron chi connectivity index (χ3n) is 12.6. The van der Waals surface area contributed by atoms with Gasteiger partial charge in [-0.1, -0.05) is 170 Å². The van der Waals surface area contributed by atoms with Crippen molar-refractivity contribution in [3.63, 3.8) is 0 Å². The molecule has 0 amide bonds. The number of nitrogens with zero attached hydrogens (tertiary/aromatic N) is 2. The Labute approximate surface area is 343 Å². The van der Waals surface area contributed by atoms with Crippen molar-refractivity contribution in [3.8, 4) is 16.8 Å². The monoisotopic (exact) mass is 750 g/mol. The molecule has 0 fully saturated rings. The Bertz CT molecular complexity index is 3340. The minimum atomic E-state index is -0.541. The molecule has 1 heterocycles. The van der Waals surface area contributed by atoms with Crippen LogP contribution in [-0.2, 0) is 5.41 Å². The second-order valence-electron chi connectivity index (χ2n) is 15.7. The molecule has 1 aliphatic carbocycles. The molecule has 12 rings (SSSR count). The standard InChI is InChI=1S/C57H38N2/c1-4-21-42(22-5-1)57(43-23-6-2-7-24-43)52-36-41-19-11-10-18-40(41)35-51(52)48-33-31-45(37-53(48)57)58(44-25-8-3-9-26-44)46-32-34-50-49-28-14-15-29-55(49)59(56(50)38-46)54-30-16-20-39-17-12-13-27-47(39)54/h1-38H. The zero-order valence-corrected chi connectivity index (χ0v) is 32.3. The van der Waals surface area contributed by atoms with Crippen LogP contribution in [0.4, 0.5) is 17.1 Å². The maximum absolute atomic E-state index is 2.47. The maximum Gasteiger partial charge on any atom is 0.0714 e. The smallest absolute Gasteiger partial charge is 0.0714 e. The number of rotatable bonds is 6. The van der Waals surface area contributed by atoms with Crippen LogP contribution in [0, 0.1) is 0 Å². The van der Waals surface area contributed by atoms with Gasteiger partial charge in [0, 0.05) is 33.2 Å². The fourth-order valence-corrected chi connectivity index (χ4v) is 10.1. The van der Waals surface area contributed by atoms with E-state index in [1.807, 2.05) is 0 Å². The van der Waals surface area contributed by atoms with Gasteiger partial charge in [0.05, 0.1) is 22.1 Å². The molecule has 0 unspecified atom stereocenters. The molecule has 0 spiro atoms. The summed E-state index contributed by atoms with van der Waals surface area (Å²) in [6.45, 7) is 0.